The number of rotatable bonds is 7. The zero-order valence-corrected chi connectivity index (χ0v) is 15.5. The molecular weight excluding hydrogens is 332 g/mol. The van der Waals surface area contributed by atoms with Gasteiger partial charge in [0.2, 0.25) is 0 Å². The molecule has 0 heterocycles. The van der Waals surface area contributed by atoms with Crippen molar-refractivity contribution in [2.45, 2.75) is 19.3 Å². The molecule has 0 spiro atoms. The van der Waals surface area contributed by atoms with Crippen LogP contribution in [0.25, 0.3) is 16.3 Å². The first-order valence-electron chi connectivity index (χ1n) is 8.67. The van der Waals surface area contributed by atoms with E-state index in [1.54, 1.807) is 21.3 Å². The standard InChI is InChI=1S/C21H24O5/c1-23-13-26-12-14-7-6-10-18(22)20(14)17-11-19(24-2)15-8-4-5-9-16(15)21(17)25-3/h4-5,8-9,11H,6-7,10,12-13H2,1-3H3. The molecular formula is C21H24O5. The highest BCUT2D eigenvalue weighted by molar-refractivity contribution is 6.24. The van der Waals surface area contributed by atoms with Crippen LogP contribution in [0.4, 0.5) is 0 Å². The number of ketones is 1. The molecule has 0 aromatic heterocycles. The van der Waals surface area contributed by atoms with Crippen molar-refractivity contribution < 1.29 is 23.7 Å². The predicted octanol–water partition coefficient (Wildman–Crippen LogP) is 3.98. The summed E-state index contributed by atoms with van der Waals surface area (Å²) in [7, 11) is 4.85. The van der Waals surface area contributed by atoms with E-state index in [0.717, 1.165) is 40.5 Å². The van der Waals surface area contributed by atoms with Crippen LogP contribution in [0, 0.1) is 0 Å². The van der Waals surface area contributed by atoms with E-state index in [-0.39, 0.29) is 12.6 Å². The van der Waals surface area contributed by atoms with Gasteiger partial charge in [-0.25, -0.2) is 0 Å². The second-order valence-corrected chi connectivity index (χ2v) is 6.22. The third-order valence-corrected chi connectivity index (χ3v) is 4.64. The number of carbonyl (C=O) groups is 1. The fraction of sp³-hybridized carbons (Fsp3) is 0.381. The van der Waals surface area contributed by atoms with Crippen molar-refractivity contribution in [1.29, 1.82) is 0 Å². The molecule has 138 valence electrons. The number of ether oxygens (including phenoxy) is 4. The molecule has 2 aromatic rings. The summed E-state index contributed by atoms with van der Waals surface area (Å²) in [6.45, 7) is 0.566. The Hall–Kier alpha value is -2.37. The largest absolute Gasteiger partial charge is 0.496 e. The Kier molecular flexibility index (Phi) is 5.91. The van der Waals surface area contributed by atoms with Crippen LogP contribution in [-0.4, -0.2) is 40.5 Å². The van der Waals surface area contributed by atoms with Gasteiger partial charge in [-0.05, 0) is 24.5 Å². The van der Waals surface area contributed by atoms with Crippen LogP contribution in [-0.2, 0) is 14.3 Å². The van der Waals surface area contributed by atoms with E-state index in [1.807, 2.05) is 30.3 Å². The van der Waals surface area contributed by atoms with Crippen LogP contribution in [0.1, 0.15) is 24.8 Å². The van der Waals surface area contributed by atoms with Crippen LogP contribution >= 0.6 is 0 Å². The molecule has 0 saturated heterocycles. The van der Waals surface area contributed by atoms with Crippen molar-refractivity contribution in [2.24, 2.45) is 0 Å². The maximum absolute atomic E-state index is 12.8. The smallest absolute Gasteiger partial charge is 0.163 e. The lowest BCUT2D eigenvalue weighted by Crippen LogP contribution is -2.15. The maximum atomic E-state index is 12.8. The number of allylic oxidation sites excluding steroid dienone is 1. The van der Waals surface area contributed by atoms with E-state index < -0.39 is 0 Å². The fourth-order valence-electron chi connectivity index (χ4n) is 3.53. The quantitative estimate of drug-likeness (QED) is 0.555. The molecule has 2 aromatic carbocycles. The summed E-state index contributed by atoms with van der Waals surface area (Å²) in [5.41, 5.74) is 2.44. The molecule has 26 heavy (non-hydrogen) atoms. The van der Waals surface area contributed by atoms with Crippen molar-refractivity contribution in [3.8, 4) is 11.5 Å². The van der Waals surface area contributed by atoms with Gasteiger partial charge in [0.15, 0.2) is 5.78 Å². The molecule has 0 fully saturated rings. The number of Topliss-reactive ketones (excluding diaryl/α,β-unsaturated/α-hetero) is 1. The molecule has 0 amide bonds. The van der Waals surface area contributed by atoms with Crippen LogP contribution < -0.4 is 9.47 Å². The fourth-order valence-corrected chi connectivity index (χ4v) is 3.53. The number of hydrogen-bond acceptors (Lipinski definition) is 5. The van der Waals surface area contributed by atoms with E-state index in [9.17, 15) is 4.79 Å². The van der Waals surface area contributed by atoms with Gasteiger partial charge >= 0.3 is 0 Å². The predicted molar refractivity (Wildman–Crippen MR) is 101 cm³/mol. The Labute approximate surface area is 153 Å². The lowest BCUT2D eigenvalue weighted by atomic mass is 9.85. The average molecular weight is 356 g/mol. The zero-order valence-electron chi connectivity index (χ0n) is 15.5. The molecule has 5 nitrogen and oxygen atoms in total. The van der Waals surface area contributed by atoms with Crippen molar-refractivity contribution in [2.75, 3.05) is 34.7 Å². The summed E-state index contributed by atoms with van der Waals surface area (Å²) >= 11 is 0. The molecule has 0 saturated carbocycles. The average Bonchev–Trinajstić information content (AvgIpc) is 2.67. The number of fused-ring (bicyclic) bond motifs is 1. The first-order valence-corrected chi connectivity index (χ1v) is 8.67. The van der Waals surface area contributed by atoms with Crippen LogP contribution in [0.2, 0.25) is 0 Å². The summed E-state index contributed by atoms with van der Waals surface area (Å²) in [6.07, 6.45) is 2.19. The first-order chi connectivity index (χ1) is 12.7. The summed E-state index contributed by atoms with van der Waals surface area (Å²) in [5, 5.41) is 1.88. The minimum Gasteiger partial charge on any atom is -0.496 e. The van der Waals surface area contributed by atoms with Crippen molar-refractivity contribution in [1.82, 2.24) is 0 Å². The van der Waals surface area contributed by atoms with E-state index >= 15 is 0 Å². The normalized spacial score (nSPS) is 14.8. The van der Waals surface area contributed by atoms with Crippen LogP contribution in [0.5, 0.6) is 11.5 Å². The van der Waals surface area contributed by atoms with Crippen molar-refractivity contribution >= 4 is 22.1 Å². The SMILES string of the molecule is COCOCC1=C(c2cc(OC)c3ccccc3c2OC)C(=O)CCC1. The van der Waals surface area contributed by atoms with Gasteiger partial charge in [-0.3, -0.25) is 4.79 Å². The van der Waals surface area contributed by atoms with Gasteiger partial charge in [0.1, 0.15) is 18.3 Å². The number of methoxy groups -OCH3 is 3. The lowest BCUT2D eigenvalue weighted by molar-refractivity contribution is -0.114. The Morgan fingerprint density at radius 3 is 2.46 bits per heavy atom. The van der Waals surface area contributed by atoms with Gasteiger partial charge in [0, 0.05) is 35.4 Å². The second kappa shape index (κ2) is 8.34. The molecule has 0 radical (unpaired) electrons. The summed E-state index contributed by atoms with van der Waals surface area (Å²) in [6, 6.07) is 9.78. The third-order valence-electron chi connectivity index (χ3n) is 4.64. The lowest BCUT2D eigenvalue weighted by Gasteiger charge is -2.23. The van der Waals surface area contributed by atoms with Crippen molar-refractivity contribution in [3.05, 3.63) is 41.5 Å². The highest BCUT2D eigenvalue weighted by Gasteiger charge is 2.26. The highest BCUT2D eigenvalue weighted by Crippen LogP contribution is 2.42. The number of hydrogen-bond donors (Lipinski definition) is 0. The third kappa shape index (κ3) is 3.45. The zero-order chi connectivity index (χ0) is 18.5. The van der Waals surface area contributed by atoms with Gasteiger partial charge in [-0.1, -0.05) is 24.3 Å². The molecule has 1 aliphatic carbocycles. The van der Waals surface area contributed by atoms with E-state index in [0.29, 0.717) is 24.4 Å². The highest BCUT2D eigenvalue weighted by atomic mass is 16.7. The molecule has 5 heteroatoms. The maximum Gasteiger partial charge on any atom is 0.163 e. The Morgan fingerprint density at radius 1 is 1.00 bits per heavy atom. The van der Waals surface area contributed by atoms with Crippen LogP contribution in [0.3, 0.4) is 0 Å². The number of benzene rings is 2. The van der Waals surface area contributed by atoms with Crippen LogP contribution in [0.15, 0.2) is 35.9 Å². The Bertz CT molecular complexity index is 838. The van der Waals surface area contributed by atoms with Crippen molar-refractivity contribution in [3.63, 3.8) is 0 Å². The topological polar surface area (TPSA) is 54.0 Å². The van der Waals surface area contributed by atoms with E-state index in [4.69, 9.17) is 18.9 Å². The molecule has 0 aliphatic heterocycles. The second-order valence-electron chi connectivity index (χ2n) is 6.22. The Morgan fingerprint density at radius 2 is 1.77 bits per heavy atom. The molecule has 0 atom stereocenters. The molecule has 1 aliphatic rings. The molecule has 0 bridgehead atoms. The molecule has 0 unspecified atom stereocenters. The number of carbonyl (C=O) groups excluding carboxylic acids is 1. The van der Waals surface area contributed by atoms with E-state index in [2.05, 4.69) is 0 Å². The Balaban J connectivity index is 2.21. The molecule has 3 rings (SSSR count). The van der Waals surface area contributed by atoms with Gasteiger partial charge < -0.3 is 18.9 Å². The summed E-state index contributed by atoms with van der Waals surface area (Å²) in [4.78, 5) is 12.8. The van der Waals surface area contributed by atoms with Gasteiger partial charge in [-0.2, -0.15) is 0 Å². The first kappa shape index (κ1) is 18.4. The minimum atomic E-state index is 0.114. The monoisotopic (exact) mass is 356 g/mol. The van der Waals surface area contributed by atoms with Gasteiger partial charge in [0.05, 0.1) is 20.8 Å². The van der Waals surface area contributed by atoms with Gasteiger partial charge in [-0.15, -0.1) is 0 Å². The minimum absolute atomic E-state index is 0.114. The van der Waals surface area contributed by atoms with E-state index in [1.165, 1.54) is 0 Å². The summed E-state index contributed by atoms with van der Waals surface area (Å²) in [5.74, 6) is 1.53. The molecule has 0 N–H and O–H groups in total. The summed E-state index contributed by atoms with van der Waals surface area (Å²) < 4.78 is 21.8. The van der Waals surface area contributed by atoms with Gasteiger partial charge in [0.25, 0.3) is 0 Å².